The molecule has 0 amide bonds. The fraction of sp³-hybridized carbons (Fsp3) is 0. The quantitative estimate of drug-likeness (QED) is 0.451. The first-order valence-electron chi connectivity index (χ1n) is 3.67. The zero-order valence-corrected chi connectivity index (χ0v) is 7.81. The molecule has 0 radical (unpaired) electrons. The molecule has 0 atom stereocenters. The number of hydrogen-bond donors (Lipinski definition) is 0. The Morgan fingerprint density at radius 2 is 0.833 bits per heavy atom. The van der Waals surface area contributed by atoms with Gasteiger partial charge in [0.05, 0.1) is 0 Å². The Hall–Kier alpha value is -0.911. The van der Waals surface area contributed by atoms with Crippen LogP contribution in [0.4, 0.5) is 0 Å². The summed E-state index contributed by atoms with van der Waals surface area (Å²) < 4.78 is 0. The minimum Gasteiger partial charge on any atom is -0.214 e. The van der Waals surface area contributed by atoms with E-state index in [9.17, 15) is 0 Å². The molecule has 0 saturated heterocycles. The van der Waals surface area contributed by atoms with E-state index in [0.29, 0.717) is 0 Å². The van der Waals surface area contributed by atoms with Crippen molar-refractivity contribution in [3.63, 3.8) is 0 Å². The largest absolute Gasteiger partial charge is 2.00 e. The van der Waals surface area contributed by atoms with Crippen LogP contribution in [0.5, 0.6) is 0 Å². The monoisotopic (exact) mass is 199 g/mol. The summed E-state index contributed by atoms with van der Waals surface area (Å²) in [6.07, 6.45) is 0. The first-order valence-corrected chi connectivity index (χ1v) is 3.67. The fourth-order valence-electron chi connectivity index (χ4n) is 0.706. The minimum absolute atomic E-state index is 0. The van der Waals surface area contributed by atoms with Crippen LogP contribution in [0.1, 0.15) is 0 Å². The number of rotatable bonds is 0. The van der Waals surface area contributed by atoms with E-state index in [1.807, 2.05) is 66.7 Å². The maximum Gasteiger partial charge on any atom is 2.00 e. The molecule has 0 nitrogen and oxygen atoms in total. The van der Waals surface area contributed by atoms with Crippen molar-refractivity contribution in [1.29, 1.82) is 0 Å². The summed E-state index contributed by atoms with van der Waals surface area (Å²) >= 11 is 0. The Morgan fingerprint density at radius 3 is 1.00 bits per heavy atom. The van der Waals surface area contributed by atoms with Gasteiger partial charge in [-0.2, -0.15) is 18.2 Å². The van der Waals surface area contributed by atoms with Crippen LogP contribution in [-0.4, -0.2) is 0 Å². The second-order valence-electron chi connectivity index (χ2n) is 2.12. The van der Waals surface area contributed by atoms with Crippen molar-refractivity contribution in [3.05, 3.63) is 66.7 Å². The Labute approximate surface area is 84.1 Å². The van der Waals surface area contributed by atoms with Crippen molar-refractivity contribution in [2.75, 3.05) is 0 Å². The van der Waals surface area contributed by atoms with Gasteiger partial charge in [-0.3, -0.25) is 0 Å². The summed E-state index contributed by atoms with van der Waals surface area (Å²) in [5, 5.41) is 0. The van der Waals surface area contributed by atoms with Gasteiger partial charge in [0.2, 0.25) is 0 Å². The van der Waals surface area contributed by atoms with Gasteiger partial charge in [0.25, 0.3) is 0 Å². The first kappa shape index (κ1) is 11.1. The number of hydrogen-bond acceptors (Lipinski definition) is 0. The second-order valence-corrected chi connectivity index (χ2v) is 2.12. The average molecular weight is 199 g/mol. The van der Waals surface area contributed by atoms with E-state index >= 15 is 0 Å². The molecule has 2 rings (SSSR count). The number of benzene rings is 1. The maximum absolute atomic E-state index is 2.00. The van der Waals surface area contributed by atoms with Crippen LogP contribution >= 0.6 is 0 Å². The van der Waals surface area contributed by atoms with Crippen LogP contribution in [0.3, 0.4) is 0 Å². The predicted octanol–water partition coefficient (Wildman–Crippen LogP) is 3.09. The first-order chi connectivity index (χ1) is 5.50. The van der Waals surface area contributed by atoms with E-state index in [4.69, 9.17) is 0 Å². The van der Waals surface area contributed by atoms with Gasteiger partial charge in [-0.15, -0.1) is 0 Å². The smallest absolute Gasteiger partial charge is 0.214 e. The van der Waals surface area contributed by atoms with Gasteiger partial charge in [0, 0.05) is 0 Å². The molecule has 0 saturated carbocycles. The molecular formula is C11H11Fe+. The third-order valence-electron chi connectivity index (χ3n) is 1.22. The van der Waals surface area contributed by atoms with Crippen LogP contribution in [0.15, 0.2) is 66.7 Å². The molecule has 0 aromatic heterocycles. The van der Waals surface area contributed by atoms with Crippen molar-refractivity contribution in [2.45, 2.75) is 0 Å². The minimum atomic E-state index is 0. The zero-order valence-electron chi connectivity index (χ0n) is 6.70. The summed E-state index contributed by atoms with van der Waals surface area (Å²) in [5.41, 5.74) is 0. The molecule has 0 heterocycles. The van der Waals surface area contributed by atoms with Crippen LogP contribution in [0.25, 0.3) is 0 Å². The second kappa shape index (κ2) is 8.19. The van der Waals surface area contributed by atoms with Crippen molar-refractivity contribution in [3.8, 4) is 0 Å². The Morgan fingerprint density at radius 1 is 0.500 bits per heavy atom. The van der Waals surface area contributed by atoms with E-state index < -0.39 is 0 Å². The molecule has 1 heteroatoms. The van der Waals surface area contributed by atoms with Crippen LogP contribution in [-0.2, 0) is 17.1 Å². The molecular weight excluding hydrogens is 188 g/mol. The topological polar surface area (TPSA) is 0 Å². The molecule has 0 aliphatic rings. The molecule has 12 heavy (non-hydrogen) atoms. The average Bonchev–Trinajstić information content (AvgIpc) is 2.64. The summed E-state index contributed by atoms with van der Waals surface area (Å²) in [7, 11) is 0. The Bertz CT molecular complexity index is 191. The SMILES string of the molecule is [Fe+2].c1cc[cH-]c1.c1ccccc1. The molecule has 0 N–H and O–H groups in total. The summed E-state index contributed by atoms with van der Waals surface area (Å²) in [5.74, 6) is 0. The molecule has 2 aromatic carbocycles. The third-order valence-corrected chi connectivity index (χ3v) is 1.22. The molecule has 0 aliphatic carbocycles. The van der Waals surface area contributed by atoms with Gasteiger partial charge >= 0.3 is 17.1 Å². The van der Waals surface area contributed by atoms with Gasteiger partial charge in [-0.05, 0) is 0 Å². The van der Waals surface area contributed by atoms with Gasteiger partial charge in [-0.25, -0.2) is 12.1 Å². The van der Waals surface area contributed by atoms with Gasteiger partial charge in [-0.1, -0.05) is 36.4 Å². The van der Waals surface area contributed by atoms with Gasteiger partial charge in [0.1, 0.15) is 0 Å². The summed E-state index contributed by atoms with van der Waals surface area (Å²) in [6.45, 7) is 0. The maximum atomic E-state index is 2.00. The van der Waals surface area contributed by atoms with Crippen molar-refractivity contribution >= 4 is 0 Å². The van der Waals surface area contributed by atoms with Crippen molar-refractivity contribution < 1.29 is 17.1 Å². The van der Waals surface area contributed by atoms with Crippen LogP contribution in [0.2, 0.25) is 0 Å². The van der Waals surface area contributed by atoms with E-state index in [-0.39, 0.29) is 17.1 Å². The summed E-state index contributed by atoms with van der Waals surface area (Å²) in [4.78, 5) is 0. The normalized spacial score (nSPS) is 7.33. The van der Waals surface area contributed by atoms with Crippen LogP contribution in [0, 0.1) is 0 Å². The van der Waals surface area contributed by atoms with Crippen molar-refractivity contribution in [1.82, 2.24) is 0 Å². The predicted molar refractivity (Wildman–Crippen MR) is 48.5 cm³/mol. The van der Waals surface area contributed by atoms with E-state index in [0.717, 1.165) is 0 Å². The van der Waals surface area contributed by atoms with E-state index in [1.54, 1.807) is 0 Å². The fourth-order valence-corrected chi connectivity index (χ4v) is 0.706. The molecule has 2 aromatic rings. The van der Waals surface area contributed by atoms with Crippen molar-refractivity contribution in [2.24, 2.45) is 0 Å². The standard InChI is InChI=1S/C6H6.C5H5.Fe/c1-2-4-6-5-3-1;1-2-4-5-3-1;/h1-6H;1-5H;/q;-1;+2. The molecule has 0 aliphatic heterocycles. The Kier molecular flexibility index (Phi) is 7.57. The van der Waals surface area contributed by atoms with Gasteiger partial charge in [0.15, 0.2) is 0 Å². The van der Waals surface area contributed by atoms with E-state index in [2.05, 4.69) is 0 Å². The molecule has 0 bridgehead atoms. The van der Waals surface area contributed by atoms with Crippen LogP contribution < -0.4 is 0 Å². The molecule has 0 unspecified atom stereocenters. The molecule has 62 valence electrons. The molecule has 0 spiro atoms. The summed E-state index contributed by atoms with van der Waals surface area (Å²) in [6, 6.07) is 22.0. The zero-order chi connectivity index (χ0) is 7.78. The Balaban J connectivity index is 0.000000189. The van der Waals surface area contributed by atoms with Gasteiger partial charge < -0.3 is 0 Å². The molecule has 0 fully saturated rings. The third kappa shape index (κ3) is 5.84. The van der Waals surface area contributed by atoms with E-state index in [1.165, 1.54) is 0 Å².